The minimum atomic E-state index is -0.815. The normalized spacial score (nSPS) is 31.8. The first-order chi connectivity index (χ1) is 7.96. The summed E-state index contributed by atoms with van der Waals surface area (Å²) in [5.74, 6) is -1.31. The zero-order chi connectivity index (χ0) is 12.6. The minimum Gasteiger partial charge on any atom is -0.481 e. The number of aliphatic carboxylic acids is 1. The van der Waals surface area contributed by atoms with Crippen LogP contribution in [-0.2, 0) is 9.59 Å². The van der Waals surface area contributed by atoms with E-state index in [4.69, 9.17) is 10.8 Å². The lowest BCUT2D eigenvalue weighted by atomic mass is 9.96. The maximum Gasteiger partial charge on any atom is 0.308 e. The van der Waals surface area contributed by atoms with Gasteiger partial charge in [0.15, 0.2) is 0 Å². The molecule has 17 heavy (non-hydrogen) atoms. The van der Waals surface area contributed by atoms with Crippen molar-refractivity contribution in [3.05, 3.63) is 0 Å². The Morgan fingerprint density at radius 2 is 1.94 bits per heavy atom. The molecule has 5 nitrogen and oxygen atoms in total. The van der Waals surface area contributed by atoms with Gasteiger partial charge in [-0.3, -0.25) is 9.59 Å². The van der Waals surface area contributed by atoms with Crippen molar-refractivity contribution in [2.45, 2.75) is 50.6 Å². The number of hydrogen-bond donors (Lipinski definition) is 2. The SMILES string of the molecule is CC1C(C(=O)O)CCN1C(=O)C1(N)CCCC1. The molecule has 0 radical (unpaired) electrons. The number of carboxylic acid groups (broad SMARTS) is 1. The van der Waals surface area contributed by atoms with Crippen molar-refractivity contribution < 1.29 is 14.7 Å². The predicted molar refractivity (Wildman–Crippen MR) is 62.3 cm³/mol. The average Bonchev–Trinajstić information content (AvgIpc) is 2.85. The van der Waals surface area contributed by atoms with Gasteiger partial charge >= 0.3 is 5.97 Å². The van der Waals surface area contributed by atoms with Gasteiger partial charge in [-0.2, -0.15) is 0 Å². The summed E-state index contributed by atoms with van der Waals surface area (Å²) >= 11 is 0. The van der Waals surface area contributed by atoms with Crippen molar-refractivity contribution >= 4 is 11.9 Å². The number of likely N-dealkylation sites (tertiary alicyclic amines) is 1. The molecule has 2 unspecified atom stereocenters. The molecule has 1 saturated heterocycles. The van der Waals surface area contributed by atoms with Crippen LogP contribution in [0.3, 0.4) is 0 Å². The van der Waals surface area contributed by atoms with Crippen molar-refractivity contribution in [2.24, 2.45) is 11.7 Å². The third kappa shape index (κ3) is 2.04. The number of nitrogens with zero attached hydrogens (tertiary/aromatic N) is 1. The molecule has 2 fully saturated rings. The summed E-state index contributed by atoms with van der Waals surface area (Å²) in [7, 11) is 0. The fraction of sp³-hybridized carbons (Fsp3) is 0.833. The largest absolute Gasteiger partial charge is 0.481 e. The molecule has 3 N–H and O–H groups in total. The summed E-state index contributed by atoms with van der Waals surface area (Å²) in [5.41, 5.74) is 5.39. The van der Waals surface area contributed by atoms with Gasteiger partial charge in [-0.1, -0.05) is 12.8 Å². The number of carbonyl (C=O) groups is 2. The second-order valence-corrected chi connectivity index (χ2v) is 5.34. The minimum absolute atomic E-state index is 0.0498. The first kappa shape index (κ1) is 12.4. The standard InChI is InChI=1S/C12H20N2O3/c1-8-9(10(15)16)4-7-14(8)11(17)12(13)5-2-3-6-12/h8-9H,2-7,13H2,1H3,(H,15,16). The van der Waals surface area contributed by atoms with Gasteiger partial charge in [0.2, 0.25) is 5.91 Å². The maximum absolute atomic E-state index is 12.4. The smallest absolute Gasteiger partial charge is 0.308 e. The summed E-state index contributed by atoms with van der Waals surface area (Å²) in [5, 5.41) is 9.04. The molecule has 0 spiro atoms. The van der Waals surface area contributed by atoms with Crippen LogP contribution in [-0.4, -0.2) is 40.0 Å². The molecule has 5 heteroatoms. The van der Waals surface area contributed by atoms with E-state index in [0.29, 0.717) is 13.0 Å². The van der Waals surface area contributed by atoms with Crippen LogP contribution in [0.4, 0.5) is 0 Å². The third-order valence-electron chi connectivity index (χ3n) is 4.25. The van der Waals surface area contributed by atoms with Crippen LogP contribution in [0.15, 0.2) is 0 Å². The molecule has 2 atom stereocenters. The molecule has 1 saturated carbocycles. The van der Waals surface area contributed by atoms with E-state index in [1.807, 2.05) is 6.92 Å². The van der Waals surface area contributed by atoms with Gasteiger partial charge in [0.05, 0.1) is 11.5 Å². The second-order valence-electron chi connectivity index (χ2n) is 5.34. The van der Waals surface area contributed by atoms with Gasteiger partial charge in [0, 0.05) is 12.6 Å². The summed E-state index contributed by atoms with van der Waals surface area (Å²) < 4.78 is 0. The molecule has 1 amide bonds. The van der Waals surface area contributed by atoms with Gasteiger partial charge < -0.3 is 15.7 Å². The molecular weight excluding hydrogens is 220 g/mol. The van der Waals surface area contributed by atoms with Crippen molar-refractivity contribution in [3.8, 4) is 0 Å². The summed E-state index contributed by atoms with van der Waals surface area (Å²) in [6.45, 7) is 2.33. The molecule has 1 aliphatic heterocycles. The van der Waals surface area contributed by atoms with Crippen LogP contribution in [0.1, 0.15) is 39.0 Å². The van der Waals surface area contributed by atoms with Crippen LogP contribution < -0.4 is 5.73 Å². The first-order valence-corrected chi connectivity index (χ1v) is 6.28. The van der Waals surface area contributed by atoms with Crippen LogP contribution in [0.25, 0.3) is 0 Å². The van der Waals surface area contributed by atoms with E-state index in [9.17, 15) is 9.59 Å². The van der Waals surface area contributed by atoms with Crippen LogP contribution in [0, 0.1) is 5.92 Å². The Kier molecular flexibility index (Phi) is 3.12. The monoisotopic (exact) mass is 240 g/mol. The Morgan fingerprint density at radius 3 is 2.41 bits per heavy atom. The summed E-state index contributed by atoms with van der Waals surface area (Å²) in [4.78, 5) is 25.0. The van der Waals surface area contributed by atoms with E-state index in [1.54, 1.807) is 4.90 Å². The second kappa shape index (κ2) is 4.29. The molecule has 0 bridgehead atoms. The highest BCUT2D eigenvalue weighted by Crippen LogP contribution is 2.33. The van der Waals surface area contributed by atoms with Crippen molar-refractivity contribution in [3.63, 3.8) is 0 Å². The zero-order valence-corrected chi connectivity index (χ0v) is 10.2. The molecule has 1 heterocycles. The fourth-order valence-corrected chi connectivity index (χ4v) is 3.06. The van der Waals surface area contributed by atoms with Crippen molar-refractivity contribution in [2.75, 3.05) is 6.54 Å². The molecule has 2 aliphatic rings. The van der Waals surface area contributed by atoms with Crippen molar-refractivity contribution in [1.29, 1.82) is 0 Å². The highest BCUT2D eigenvalue weighted by molar-refractivity contribution is 5.88. The van der Waals surface area contributed by atoms with Crippen molar-refractivity contribution in [1.82, 2.24) is 4.90 Å². The molecule has 0 aromatic carbocycles. The summed E-state index contributed by atoms with van der Waals surface area (Å²) in [6, 6.07) is -0.235. The Hall–Kier alpha value is -1.10. The van der Waals surface area contributed by atoms with E-state index in [-0.39, 0.29) is 11.9 Å². The lowest BCUT2D eigenvalue weighted by molar-refractivity contribution is -0.144. The van der Waals surface area contributed by atoms with Crippen LogP contribution in [0.5, 0.6) is 0 Å². The highest BCUT2D eigenvalue weighted by Gasteiger charge is 2.46. The Bertz CT molecular complexity index is 337. The van der Waals surface area contributed by atoms with Gasteiger partial charge in [-0.05, 0) is 26.2 Å². The average molecular weight is 240 g/mol. The van der Waals surface area contributed by atoms with E-state index >= 15 is 0 Å². The van der Waals surface area contributed by atoms with Crippen LogP contribution in [0.2, 0.25) is 0 Å². The topological polar surface area (TPSA) is 83.6 Å². The molecule has 0 aromatic heterocycles. The van der Waals surface area contributed by atoms with Crippen LogP contribution >= 0.6 is 0 Å². The van der Waals surface area contributed by atoms with E-state index in [2.05, 4.69) is 0 Å². The molecule has 0 aromatic rings. The lowest BCUT2D eigenvalue weighted by Gasteiger charge is -2.32. The first-order valence-electron chi connectivity index (χ1n) is 6.28. The van der Waals surface area contributed by atoms with E-state index in [0.717, 1.165) is 25.7 Å². The Morgan fingerprint density at radius 1 is 1.35 bits per heavy atom. The lowest BCUT2D eigenvalue weighted by Crippen LogP contribution is -2.55. The van der Waals surface area contributed by atoms with Gasteiger partial charge in [0.1, 0.15) is 0 Å². The Balaban J connectivity index is 2.09. The predicted octanol–water partition coefficient (Wildman–Crippen LogP) is 0.579. The van der Waals surface area contributed by atoms with E-state index < -0.39 is 17.4 Å². The molecular formula is C12H20N2O3. The maximum atomic E-state index is 12.4. The number of carboxylic acids is 1. The van der Waals surface area contributed by atoms with Gasteiger partial charge in [-0.15, -0.1) is 0 Å². The summed E-state index contributed by atoms with van der Waals surface area (Å²) in [6.07, 6.45) is 3.98. The fourth-order valence-electron chi connectivity index (χ4n) is 3.06. The zero-order valence-electron chi connectivity index (χ0n) is 10.2. The molecule has 96 valence electrons. The van der Waals surface area contributed by atoms with Gasteiger partial charge in [-0.25, -0.2) is 0 Å². The highest BCUT2D eigenvalue weighted by atomic mass is 16.4. The molecule has 2 rings (SSSR count). The number of rotatable bonds is 2. The number of amides is 1. The van der Waals surface area contributed by atoms with Gasteiger partial charge in [0.25, 0.3) is 0 Å². The molecule has 1 aliphatic carbocycles. The third-order valence-corrected chi connectivity index (χ3v) is 4.25. The Labute approximate surface area is 101 Å². The number of carbonyl (C=O) groups excluding carboxylic acids is 1. The van der Waals surface area contributed by atoms with E-state index in [1.165, 1.54) is 0 Å². The number of nitrogens with two attached hydrogens (primary N) is 1. The number of hydrogen-bond acceptors (Lipinski definition) is 3. The quantitative estimate of drug-likeness (QED) is 0.739.